The molecule has 1 N–H and O–H groups in total. The van der Waals surface area contributed by atoms with Gasteiger partial charge in [0.15, 0.2) is 0 Å². The van der Waals surface area contributed by atoms with E-state index in [4.69, 9.17) is 4.98 Å². The third-order valence-electron chi connectivity index (χ3n) is 4.14. The standard InChI is InChI=1S/C16H20N2OS2/c19-15(17-9-10-20)11-5-1-2-6-12(11)16-18-13-7-3-4-8-14(13)21-16/h3-4,7-8,11-12,20H,1-2,5-6,9-10H2,(H,17,19). The van der Waals surface area contributed by atoms with Crippen molar-refractivity contribution in [2.75, 3.05) is 12.3 Å². The van der Waals surface area contributed by atoms with Crippen LogP contribution in [0.1, 0.15) is 36.6 Å². The summed E-state index contributed by atoms with van der Waals surface area (Å²) in [6.07, 6.45) is 4.37. The molecule has 0 spiro atoms. The molecule has 1 aromatic heterocycles. The van der Waals surface area contributed by atoms with Crippen LogP contribution in [0.15, 0.2) is 24.3 Å². The molecule has 3 rings (SSSR count). The predicted octanol–water partition coefficient (Wildman–Crippen LogP) is 3.62. The fraction of sp³-hybridized carbons (Fsp3) is 0.500. The van der Waals surface area contributed by atoms with Crippen LogP contribution in [0.3, 0.4) is 0 Å². The number of fused-ring (bicyclic) bond motifs is 1. The van der Waals surface area contributed by atoms with E-state index in [1.165, 1.54) is 11.1 Å². The lowest BCUT2D eigenvalue weighted by atomic mass is 9.79. The molecule has 112 valence electrons. The molecule has 1 aliphatic carbocycles. The van der Waals surface area contributed by atoms with Gasteiger partial charge in [-0.25, -0.2) is 4.98 Å². The number of hydrogen-bond donors (Lipinski definition) is 2. The maximum atomic E-state index is 12.4. The van der Waals surface area contributed by atoms with E-state index in [0.717, 1.165) is 29.8 Å². The number of nitrogens with one attached hydrogen (secondary N) is 1. The Morgan fingerprint density at radius 1 is 1.33 bits per heavy atom. The summed E-state index contributed by atoms with van der Waals surface area (Å²) in [7, 11) is 0. The Morgan fingerprint density at radius 2 is 2.14 bits per heavy atom. The van der Waals surface area contributed by atoms with Gasteiger partial charge in [0.2, 0.25) is 5.91 Å². The molecule has 21 heavy (non-hydrogen) atoms. The molecule has 1 heterocycles. The zero-order valence-electron chi connectivity index (χ0n) is 11.9. The molecule has 0 bridgehead atoms. The van der Waals surface area contributed by atoms with E-state index in [9.17, 15) is 4.79 Å². The average molecular weight is 320 g/mol. The highest BCUT2D eigenvalue weighted by atomic mass is 32.1. The fourth-order valence-electron chi connectivity index (χ4n) is 3.10. The second-order valence-electron chi connectivity index (χ2n) is 5.53. The van der Waals surface area contributed by atoms with Crippen molar-refractivity contribution in [3.8, 4) is 0 Å². The number of para-hydroxylation sites is 1. The van der Waals surface area contributed by atoms with Crippen molar-refractivity contribution < 1.29 is 4.79 Å². The Morgan fingerprint density at radius 3 is 2.95 bits per heavy atom. The third kappa shape index (κ3) is 3.24. The van der Waals surface area contributed by atoms with Crippen molar-refractivity contribution in [3.63, 3.8) is 0 Å². The highest BCUT2D eigenvalue weighted by Crippen LogP contribution is 2.40. The SMILES string of the molecule is O=C(NCCS)C1CCCCC1c1nc2ccccc2s1. The second kappa shape index (κ2) is 6.79. The number of thiol groups is 1. The van der Waals surface area contributed by atoms with Gasteiger partial charge in [-0.2, -0.15) is 12.6 Å². The van der Waals surface area contributed by atoms with Crippen LogP contribution < -0.4 is 5.32 Å². The third-order valence-corrected chi connectivity index (χ3v) is 5.53. The van der Waals surface area contributed by atoms with Gasteiger partial charge in [-0.15, -0.1) is 11.3 Å². The maximum absolute atomic E-state index is 12.4. The van der Waals surface area contributed by atoms with Crippen molar-refractivity contribution in [2.45, 2.75) is 31.6 Å². The van der Waals surface area contributed by atoms with Gasteiger partial charge >= 0.3 is 0 Å². The Labute approximate surface area is 134 Å². The summed E-state index contributed by atoms with van der Waals surface area (Å²) in [6.45, 7) is 0.644. The van der Waals surface area contributed by atoms with Crippen LogP contribution in [0.5, 0.6) is 0 Å². The number of carbonyl (C=O) groups is 1. The van der Waals surface area contributed by atoms with Crippen molar-refractivity contribution in [3.05, 3.63) is 29.3 Å². The molecular formula is C16H20N2OS2. The molecule has 1 fully saturated rings. The highest BCUT2D eigenvalue weighted by molar-refractivity contribution is 7.80. The summed E-state index contributed by atoms with van der Waals surface area (Å²) in [4.78, 5) is 17.2. The maximum Gasteiger partial charge on any atom is 0.223 e. The first-order valence-electron chi connectivity index (χ1n) is 7.53. The van der Waals surface area contributed by atoms with E-state index in [1.54, 1.807) is 11.3 Å². The van der Waals surface area contributed by atoms with Gasteiger partial charge < -0.3 is 5.32 Å². The largest absolute Gasteiger partial charge is 0.355 e. The van der Waals surface area contributed by atoms with Crippen molar-refractivity contribution in [2.24, 2.45) is 5.92 Å². The lowest BCUT2D eigenvalue weighted by molar-refractivity contribution is -0.126. The summed E-state index contributed by atoms with van der Waals surface area (Å²) in [5.41, 5.74) is 1.05. The molecule has 5 heteroatoms. The zero-order valence-corrected chi connectivity index (χ0v) is 13.6. The molecule has 3 nitrogen and oxygen atoms in total. The topological polar surface area (TPSA) is 42.0 Å². The first kappa shape index (κ1) is 14.9. The number of nitrogens with zero attached hydrogens (tertiary/aromatic N) is 1. The van der Waals surface area contributed by atoms with E-state index in [1.807, 2.05) is 18.2 Å². The monoisotopic (exact) mass is 320 g/mol. The Kier molecular flexibility index (Phi) is 4.80. The molecule has 2 unspecified atom stereocenters. The number of hydrogen-bond acceptors (Lipinski definition) is 4. The quantitative estimate of drug-likeness (QED) is 0.845. The minimum absolute atomic E-state index is 0.0687. The zero-order chi connectivity index (χ0) is 14.7. The summed E-state index contributed by atoms with van der Waals surface area (Å²) in [6, 6.07) is 8.22. The average Bonchev–Trinajstić information content (AvgIpc) is 2.96. The molecule has 0 aliphatic heterocycles. The van der Waals surface area contributed by atoms with Gasteiger partial charge in [-0.05, 0) is 25.0 Å². The van der Waals surface area contributed by atoms with E-state index >= 15 is 0 Å². The van der Waals surface area contributed by atoms with Crippen LogP contribution in [-0.2, 0) is 4.79 Å². The Balaban J connectivity index is 1.84. The van der Waals surface area contributed by atoms with Gasteiger partial charge in [0.25, 0.3) is 0 Å². The van der Waals surface area contributed by atoms with Crippen LogP contribution in [0, 0.1) is 5.92 Å². The van der Waals surface area contributed by atoms with Crippen molar-refractivity contribution in [1.29, 1.82) is 0 Å². The van der Waals surface area contributed by atoms with Crippen molar-refractivity contribution in [1.82, 2.24) is 10.3 Å². The lowest BCUT2D eigenvalue weighted by Crippen LogP contribution is -2.36. The van der Waals surface area contributed by atoms with Crippen LogP contribution >= 0.6 is 24.0 Å². The first-order chi connectivity index (χ1) is 10.3. The molecule has 2 atom stereocenters. The number of thiazole rings is 1. The minimum Gasteiger partial charge on any atom is -0.355 e. The molecule has 1 aromatic carbocycles. The van der Waals surface area contributed by atoms with E-state index in [2.05, 4.69) is 24.0 Å². The van der Waals surface area contributed by atoms with Gasteiger partial charge in [-0.1, -0.05) is 25.0 Å². The number of rotatable bonds is 4. The second-order valence-corrected chi connectivity index (χ2v) is 7.04. The molecule has 2 aromatic rings. The van der Waals surface area contributed by atoms with Crippen LogP contribution in [0.25, 0.3) is 10.2 Å². The normalized spacial score (nSPS) is 22.3. The van der Waals surface area contributed by atoms with Gasteiger partial charge in [0.05, 0.1) is 15.2 Å². The molecule has 0 radical (unpaired) electrons. The molecule has 0 saturated heterocycles. The highest BCUT2D eigenvalue weighted by Gasteiger charge is 2.33. The lowest BCUT2D eigenvalue weighted by Gasteiger charge is -2.29. The summed E-state index contributed by atoms with van der Waals surface area (Å²) < 4.78 is 1.22. The number of carbonyl (C=O) groups excluding carboxylic acids is 1. The van der Waals surface area contributed by atoms with Gasteiger partial charge in [0, 0.05) is 24.1 Å². The van der Waals surface area contributed by atoms with Crippen LogP contribution in [0.2, 0.25) is 0 Å². The number of aromatic nitrogens is 1. The smallest absolute Gasteiger partial charge is 0.223 e. The number of amides is 1. The van der Waals surface area contributed by atoms with Gasteiger partial charge in [-0.3, -0.25) is 4.79 Å². The van der Waals surface area contributed by atoms with E-state index in [0.29, 0.717) is 12.3 Å². The summed E-state index contributed by atoms with van der Waals surface area (Å²) in [5.74, 6) is 1.20. The molecular weight excluding hydrogens is 300 g/mol. The Bertz CT molecular complexity index is 593. The Hall–Kier alpha value is -1.07. The summed E-state index contributed by atoms with van der Waals surface area (Å²) >= 11 is 5.90. The summed E-state index contributed by atoms with van der Waals surface area (Å²) in [5, 5.41) is 4.12. The number of benzene rings is 1. The van der Waals surface area contributed by atoms with Crippen molar-refractivity contribution >= 4 is 40.1 Å². The molecule has 1 saturated carbocycles. The van der Waals surface area contributed by atoms with Crippen LogP contribution in [-0.4, -0.2) is 23.2 Å². The minimum atomic E-state index is 0.0687. The van der Waals surface area contributed by atoms with E-state index in [-0.39, 0.29) is 17.7 Å². The first-order valence-corrected chi connectivity index (χ1v) is 8.98. The van der Waals surface area contributed by atoms with Gasteiger partial charge in [0.1, 0.15) is 0 Å². The molecule has 1 amide bonds. The molecule has 1 aliphatic rings. The predicted molar refractivity (Wildman–Crippen MR) is 91.2 cm³/mol. The fourth-order valence-corrected chi connectivity index (χ4v) is 4.38. The van der Waals surface area contributed by atoms with Crippen LogP contribution in [0.4, 0.5) is 0 Å². The van der Waals surface area contributed by atoms with E-state index < -0.39 is 0 Å².